The van der Waals surface area contributed by atoms with Crippen molar-refractivity contribution >= 4 is 29.4 Å². The number of hydrogen-bond acceptors (Lipinski definition) is 7. The highest BCUT2D eigenvalue weighted by atomic mass is 16.6. The van der Waals surface area contributed by atoms with Crippen LogP contribution in [0.4, 0.5) is 11.4 Å². The van der Waals surface area contributed by atoms with Gasteiger partial charge in [0.05, 0.1) is 33.4 Å². The predicted octanol–water partition coefficient (Wildman–Crippen LogP) is 1.75. The van der Waals surface area contributed by atoms with E-state index in [0.29, 0.717) is 22.4 Å². The van der Waals surface area contributed by atoms with Crippen molar-refractivity contribution in [3.63, 3.8) is 0 Å². The largest absolute Gasteiger partial charge is 0.386 e. The van der Waals surface area contributed by atoms with Gasteiger partial charge in [-0.1, -0.05) is 5.16 Å². The average molecular weight is 390 g/mol. The van der Waals surface area contributed by atoms with E-state index in [9.17, 15) is 9.59 Å². The number of nitrogens with one attached hydrogen (secondary N) is 4. The van der Waals surface area contributed by atoms with Gasteiger partial charge in [-0.2, -0.15) is 5.11 Å². The van der Waals surface area contributed by atoms with Crippen LogP contribution in [0, 0.1) is 5.53 Å². The zero-order valence-corrected chi connectivity index (χ0v) is 16.7. The zero-order chi connectivity index (χ0) is 21.0. The van der Waals surface area contributed by atoms with E-state index in [1.54, 1.807) is 31.2 Å². The van der Waals surface area contributed by atoms with Crippen molar-refractivity contribution in [1.29, 1.82) is 5.53 Å². The van der Waals surface area contributed by atoms with Gasteiger partial charge in [0.1, 0.15) is 0 Å². The van der Waals surface area contributed by atoms with Crippen molar-refractivity contribution in [2.45, 2.75) is 6.92 Å². The summed E-state index contributed by atoms with van der Waals surface area (Å²) in [5.74, 6) is -0.429. The Morgan fingerprint density at radius 1 is 1.14 bits per heavy atom. The van der Waals surface area contributed by atoms with E-state index in [4.69, 9.17) is 10.4 Å². The van der Waals surface area contributed by atoms with E-state index >= 15 is 0 Å². The van der Waals surface area contributed by atoms with Crippen LogP contribution >= 0.6 is 0 Å². The quantitative estimate of drug-likeness (QED) is 0.199. The van der Waals surface area contributed by atoms with E-state index in [2.05, 4.69) is 26.2 Å². The number of amides is 2. The van der Waals surface area contributed by atoms with E-state index in [-0.39, 0.29) is 25.0 Å². The second-order valence-corrected chi connectivity index (χ2v) is 6.88. The first-order chi connectivity index (χ1) is 13.2. The smallest absolute Gasteiger partial charge is 0.279 e. The third-order valence-electron chi connectivity index (χ3n) is 3.18. The molecule has 0 atom stereocenters. The molecule has 4 N–H and O–H groups in total. The number of nitrogens with zero attached hydrogens (tertiary/aromatic N) is 3. The fourth-order valence-electron chi connectivity index (χ4n) is 1.98. The maximum absolute atomic E-state index is 11.9. The Labute approximate surface area is 164 Å². The number of hydrogen-bond donors (Lipinski definition) is 4. The Morgan fingerprint density at radius 3 is 2.36 bits per heavy atom. The summed E-state index contributed by atoms with van der Waals surface area (Å²) in [4.78, 5) is 28.2. The van der Waals surface area contributed by atoms with Crippen LogP contribution in [0.3, 0.4) is 0 Å². The van der Waals surface area contributed by atoms with Crippen LogP contribution in [-0.4, -0.2) is 63.4 Å². The standard InChI is InChI=1S/C18H27N7O3/c1-5-22-28-13-18(27)21-11-16(24-19)10-20-14-6-8-15(9-7-14)23-17(26)12-25(2,3)4/h5-10H,11-13H2,1-4H3,(H3-,19,20,21,23,24,26,27)/p+1/b22-5+. The summed E-state index contributed by atoms with van der Waals surface area (Å²) < 4.78 is 0.546. The molecule has 0 heterocycles. The Bertz CT molecular complexity index is 722. The topological polar surface area (TPSA) is 128 Å². The van der Waals surface area contributed by atoms with Gasteiger partial charge in [-0.3, -0.25) is 9.59 Å². The molecule has 0 aliphatic carbocycles. The number of anilines is 2. The molecule has 0 bridgehead atoms. The van der Waals surface area contributed by atoms with Crippen molar-refractivity contribution in [3.05, 3.63) is 36.2 Å². The lowest BCUT2D eigenvalue weighted by atomic mass is 10.2. The molecule has 0 spiro atoms. The fraction of sp³-hybridized carbons (Fsp3) is 0.389. The summed E-state index contributed by atoms with van der Waals surface area (Å²) in [6, 6.07) is 7.12. The lowest BCUT2D eigenvalue weighted by Gasteiger charge is -2.22. The molecule has 0 aliphatic heterocycles. The van der Waals surface area contributed by atoms with Crippen molar-refractivity contribution < 1.29 is 18.9 Å². The van der Waals surface area contributed by atoms with Crippen LogP contribution < -0.4 is 16.0 Å². The molecule has 10 nitrogen and oxygen atoms in total. The fourth-order valence-corrected chi connectivity index (χ4v) is 1.98. The molecule has 2 amide bonds. The van der Waals surface area contributed by atoms with Crippen molar-refractivity contribution in [3.8, 4) is 0 Å². The first-order valence-corrected chi connectivity index (χ1v) is 8.63. The third-order valence-corrected chi connectivity index (χ3v) is 3.18. The van der Waals surface area contributed by atoms with Gasteiger partial charge in [0, 0.05) is 23.8 Å². The van der Waals surface area contributed by atoms with Gasteiger partial charge < -0.3 is 25.3 Å². The normalized spacial score (nSPS) is 11.8. The van der Waals surface area contributed by atoms with Crippen molar-refractivity contribution in [1.82, 2.24) is 5.32 Å². The zero-order valence-electron chi connectivity index (χ0n) is 16.7. The SMILES string of the molecule is C/C=N/OCC(=O)NC/C(=C/Nc1ccc(NC(=O)C[N+](C)(C)C)cc1)N=N. The van der Waals surface area contributed by atoms with E-state index < -0.39 is 0 Å². The maximum Gasteiger partial charge on any atom is 0.279 e. The third kappa shape index (κ3) is 10.0. The number of carbonyl (C=O) groups is 2. The van der Waals surface area contributed by atoms with Gasteiger partial charge in [-0.05, 0) is 31.2 Å². The molecule has 0 radical (unpaired) electrons. The van der Waals surface area contributed by atoms with E-state index in [1.807, 2.05) is 21.1 Å². The Morgan fingerprint density at radius 2 is 1.79 bits per heavy atom. The molecule has 152 valence electrons. The monoisotopic (exact) mass is 390 g/mol. The first-order valence-electron chi connectivity index (χ1n) is 8.63. The molecule has 0 saturated carbocycles. The molecule has 0 saturated heterocycles. The lowest BCUT2D eigenvalue weighted by Crippen LogP contribution is -2.41. The minimum atomic E-state index is -0.367. The number of oxime groups is 1. The van der Waals surface area contributed by atoms with Crippen LogP contribution in [0.5, 0.6) is 0 Å². The predicted molar refractivity (Wildman–Crippen MR) is 108 cm³/mol. The maximum atomic E-state index is 11.9. The van der Waals surface area contributed by atoms with E-state index in [1.165, 1.54) is 12.4 Å². The molecular weight excluding hydrogens is 362 g/mol. The van der Waals surface area contributed by atoms with Gasteiger partial charge in [-0.25, -0.2) is 5.53 Å². The highest BCUT2D eigenvalue weighted by Crippen LogP contribution is 2.14. The molecule has 0 aliphatic rings. The molecule has 1 aromatic carbocycles. The summed E-state index contributed by atoms with van der Waals surface area (Å²) in [5, 5.41) is 15.2. The molecule has 1 rings (SSSR count). The molecule has 0 fully saturated rings. The summed E-state index contributed by atoms with van der Waals surface area (Å²) in [6.45, 7) is 1.92. The Hall–Kier alpha value is -3.27. The highest BCUT2D eigenvalue weighted by molar-refractivity contribution is 5.91. The number of likely N-dealkylation sites (N-methyl/N-ethyl adjacent to an activating group) is 1. The minimum Gasteiger partial charge on any atom is -0.386 e. The Kier molecular flexibility index (Phi) is 9.31. The number of benzene rings is 1. The average Bonchev–Trinajstić information content (AvgIpc) is 2.61. The van der Waals surface area contributed by atoms with Crippen LogP contribution in [0.15, 0.2) is 46.4 Å². The number of carbonyl (C=O) groups excluding carboxylic acids is 2. The van der Waals surface area contributed by atoms with Gasteiger partial charge in [0.25, 0.3) is 11.8 Å². The second kappa shape index (κ2) is 11.4. The molecule has 10 heteroatoms. The summed E-state index contributed by atoms with van der Waals surface area (Å²) in [5.41, 5.74) is 8.95. The molecular formula is C18H28N7O3+. The summed E-state index contributed by atoms with van der Waals surface area (Å²) in [7, 11) is 5.84. The highest BCUT2D eigenvalue weighted by Gasteiger charge is 2.14. The molecule has 28 heavy (non-hydrogen) atoms. The van der Waals surface area contributed by atoms with Crippen LogP contribution in [0.2, 0.25) is 0 Å². The van der Waals surface area contributed by atoms with Crippen molar-refractivity contribution in [2.75, 3.05) is 51.5 Å². The summed E-state index contributed by atoms with van der Waals surface area (Å²) in [6.07, 6.45) is 2.95. The van der Waals surface area contributed by atoms with Gasteiger partial charge in [-0.15, -0.1) is 0 Å². The van der Waals surface area contributed by atoms with E-state index in [0.717, 1.165) is 5.69 Å². The van der Waals surface area contributed by atoms with Gasteiger partial charge in [0.2, 0.25) is 0 Å². The van der Waals surface area contributed by atoms with Gasteiger partial charge >= 0.3 is 0 Å². The van der Waals surface area contributed by atoms with Crippen LogP contribution in [-0.2, 0) is 14.4 Å². The molecule has 0 unspecified atom stereocenters. The number of quaternary nitrogens is 1. The second-order valence-electron chi connectivity index (χ2n) is 6.88. The molecule has 0 aromatic heterocycles. The molecule has 1 aromatic rings. The van der Waals surface area contributed by atoms with Crippen LogP contribution in [0.25, 0.3) is 0 Å². The van der Waals surface area contributed by atoms with Gasteiger partial charge in [0.15, 0.2) is 13.2 Å². The Balaban J connectivity index is 2.52. The lowest BCUT2D eigenvalue weighted by molar-refractivity contribution is -0.861. The first kappa shape index (κ1) is 22.8. The summed E-state index contributed by atoms with van der Waals surface area (Å²) >= 11 is 0. The van der Waals surface area contributed by atoms with Crippen molar-refractivity contribution in [2.24, 2.45) is 10.3 Å². The minimum absolute atomic E-state index is 0.0623. The van der Waals surface area contributed by atoms with Crippen LogP contribution in [0.1, 0.15) is 6.92 Å². The number of rotatable bonds is 11.